The predicted molar refractivity (Wildman–Crippen MR) is 139 cm³/mol. The molecule has 9 nitrogen and oxygen atoms in total. The summed E-state index contributed by atoms with van der Waals surface area (Å²) in [4.78, 5) is 27.7. The van der Waals surface area contributed by atoms with Gasteiger partial charge in [0.15, 0.2) is 6.10 Å². The van der Waals surface area contributed by atoms with Gasteiger partial charge in [0.05, 0.1) is 30.8 Å². The van der Waals surface area contributed by atoms with Crippen molar-refractivity contribution in [2.24, 2.45) is 0 Å². The summed E-state index contributed by atoms with van der Waals surface area (Å²) in [7, 11) is -1.09. The lowest BCUT2D eigenvalue weighted by molar-refractivity contribution is -0.128. The number of para-hydroxylation sites is 2. The SMILES string of the molecule is COc1ccc(S(=O)(=O)N(C)CC(=O)N2CC(C(=O)NCCc3ccccc3)Oc3ccccc32)cc1. The second-order valence-electron chi connectivity index (χ2n) is 8.54. The third-order valence-corrected chi connectivity index (χ3v) is 7.87. The van der Waals surface area contributed by atoms with Gasteiger partial charge in [-0.2, -0.15) is 4.31 Å². The molecule has 1 aliphatic rings. The van der Waals surface area contributed by atoms with Crippen molar-refractivity contribution in [1.82, 2.24) is 9.62 Å². The number of anilines is 1. The van der Waals surface area contributed by atoms with Crippen LogP contribution in [0, 0.1) is 0 Å². The number of carbonyl (C=O) groups is 2. The summed E-state index contributed by atoms with van der Waals surface area (Å²) in [6.07, 6.45) is -0.273. The lowest BCUT2D eigenvalue weighted by Gasteiger charge is -2.35. The molecule has 0 fully saturated rings. The molecule has 1 heterocycles. The second kappa shape index (κ2) is 11.4. The van der Waals surface area contributed by atoms with Crippen LogP contribution < -0.4 is 19.7 Å². The van der Waals surface area contributed by atoms with Crippen LogP contribution in [0.1, 0.15) is 5.56 Å². The van der Waals surface area contributed by atoms with Crippen LogP contribution in [0.4, 0.5) is 5.69 Å². The zero-order valence-corrected chi connectivity index (χ0v) is 21.5. The van der Waals surface area contributed by atoms with Crippen molar-refractivity contribution in [1.29, 1.82) is 0 Å². The van der Waals surface area contributed by atoms with Crippen molar-refractivity contribution in [2.45, 2.75) is 17.4 Å². The van der Waals surface area contributed by atoms with Gasteiger partial charge in [-0.3, -0.25) is 9.59 Å². The van der Waals surface area contributed by atoms with Crippen molar-refractivity contribution in [3.05, 3.63) is 84.4 Å². The molecular weight excluding hydrogens is 494 g/mol. The number of ether oxygens (including phenoxy) is 2. The Morgan fingerprint density at radius 3 is 2.41 bits per heavy atom. The first-order valence-electron chi connectivity index (χ1n) is 11.8. The third-order valence-electron chi connectivity index (χ3n) is 6.05. The van der Waals surface area contributed by atoms with Crippen molar-refractivity contribution < 1.29 is 27.5 Å². The second-order valence-corrected chi connectivity index (χ2v) is 10.6. The molecule has 0 saturated carbocycles. The summed E-state index contributed by atoms with van der Waals surface area (Å²) < 4.78 is 38.0. The summed E-state index contributed by atoms with van der Waals surface area (Å²) in [5.74, 6) is 0.0847. The van der Waals surface area contributed by atoms with E-state index >= 15 is 0 Å². The Morgan fingerprint density at radius 1 is 1.03 bits per heavy atom. The van der Waals surface area contributed by atoms with Gasteiger partial charge in [-0.25, -0.2) is 8.42 Å². The number of hydrogen-bond donors (Lipinski definition) is 1. The normalized spacial score (nSPS) is 15.0. The van der Waals surface area contributed by atoms with E-state index in [1.807, 2.05) is 30.3 Å². The van der Waals surface area contributed by atoms with E-state index in [-0.39, 0.29) is 17.3 Å². The average Bonchev–Trinajstić information content (AvgIpc) is 2.92. The number of nitrogens with zero attached hydrogens (tertiary/aromatic N) is 2. The van der Waals surface area contributed by atoms with E-state index in [0.29, 0.717) is 30.2 Å². The largest absolute Gasteiger partial charge is 0.497 e. The first kappa shape index (κ1) is 26.2. The van der Waals surface area contributed by atoms with E-state index in [9.17, 15) is 18.0 Å². The highest BCUT2D eigenvalue weighted by Crippen LogP contribution is 2.33. The van der Waals surface area contributed by atoms with Crippen molar-refractivity contribution in [3.8, 4) is 11.5 Å². The Hall–Kier alpha value is -3.89. The number of nitrogens with one attached hydrogen (secondary N) is 1. The molecule has 0 radical (unpaired) electrons. The number of sulfonamides is 1. The van der Waals surface area contributed by atoms with Crippen LogP contribution in [0.2, 0.25) is 0 Å². The van der Waals surface area contributed by atoms with Crippen LogP contribution in [0.15, 0.2) is 83.8 Å². The Kier molecular flexibility index (Phi) is 8.10. The van der Waals surface area contributed by atoms with Crippen LogP contribution >= 0.6 is 0 Å². The van der Waals surface area contributed by atoms with Gasteiger partial charge in [0, 0.05) is 13.6 Å². The Balaban J connectivity index is 1.45. The van der Waals surface area contributed by atoms with Crippen molar-refractivity contribution in [2.75, 3.05) is 38.7 Å². The lowest BCUT2D eigenvalue weighted by Crippen LogP contribution is -2.52. The highest BCUT2D eigenvalue weighted by atomic mass is 32.2. The molecule has 1 N–H and O–H groups in total. The monoisotopic (exact) mass is 523 g/mol. The summed E-state index contributed by atoms with van der Waals surface area (Å²) in [5, 5.41) is 2.87. The minimum Gasteiger partial charge on any atom is -0.497 e. The summed E-state index contributed by atoms with van der Waals surface area (Å²) >= 11 is 0. The maximum Gasteiger partial charge on any atom is 0.262 e. The van der Waals surface area contributed by atoms with Crippen molar-refractivity contribution in [3.63, 3.8) is 0 Å². The molecule has 4 rings (SSSR count). The Morgan fingerprint density at radius 2 is 1.70 bits per heavy atom. The average molecular weight is 524 g/mol. The van der Waals surface area contributed by atoms with Gasteiger partial charge < -0.3 is 19.7 Å². The van der Waals surface area contributed by atoms with Crippen LogP contribution in [0.25, 0.3) is 0 Å². The van der Waals surface area contributed by atoms with Crippen LogP contribution in [-0.2, 0) is 26.0 Å². The topological polar surface area (TPSA) is 105 Å². The number of carbonyl (C=O) groups excluding carboxylic acids is 2. The minimum atomic E-state index is -3.92. The van der Waals surface area contributed by atoms with E-state index < -0.39 is 28.6 Å². The zero-order valence-electron chi connectivity index (χ0n) is 20.7. The van der Waals surface area contributed by atoms with Crippen molar-refractivity contribution >= 4 is 27.5 Å². The number of hydrogen-bond acceptors (Lipinski definition) is 6. The van der Waals surface area contributed by atoms with E-state index in [4.69, 9.17) is 9.47 Å². The van der Waals surface area contributed by atoms with Crippen LogP contribution in [-0.4, -0.2) is 64.4 Å². The maximum absolute atomic E-state index is 13.3. The van der Waals surface area contributed by atoms with Gasteiger partial charge in [0.25, 0.3) is 5.91 Å². The summed E-state index contributed by atoms with van der Waals surface area (Å²) in [6.45, 7) is -0.0321. The molecule has 0 aliphatic carbocycles. The molecule has 0 bridgehead atoms. The van der Waals surface area contributed by atoms with Gasteiger partial charge in [0.1, 0.15) is 11.5 Å². The van der Waals surface area contributed by atoms with Crippen LogP contribution in [0.5, 0.6) is 11.5 Å². The first-order chi connectivity index (χ1) is 17.8. The van der Waals surface area contributed by atoms with E-state index in [0.717, 1.165) is 9.87 Å². The molecule has 2 amide bonds. The molecule has 10 heteroatoms. The van der Waals surface area contributed by atoms with E-state index in [1.54, 1.807) is 36.4 Å². The fourth-order valence-electron chi connectivity index (χ4n) is 3.98. The fourth-order valence-corrected chi connectivity index (χ4v) is 5.10. The molecule has 0 spiro atoms. The number of fused-ring (bicyclic) bond motifs is 1. The molecule has 1 unspecified atom stereocenters. The standard InChI is InChI=1S/C27H29N3O6S/c1-29(37(33,34)22-14-12-21(35-2)13-15-22)19-26(31)30-18-25(36-24-11-7-6-10-23(24)30)27(32)28-17-16-20-8-4-3-5-9-20/h3-15,25H,16-19H2,1-2H3,(H,28,32). The molecule has 0 aromatic heterocycles. The number of methoxy groups -OCH3 is 1. The fraction of sp³-hybridized carbons (Fsp3) is 0.259. The third kappa shape index (κ3) is 6.10. The quantitative estimate of drug-likeness (QED) is 0.462. The lowest BCUT2D eigenvalue weighted by atomic mass is 10.1. The van der Waals surface area contributed by atoms with Crippen LogP contribution in [0.3, 0.4) is 0 Å². The molecule has 1 aliphatic heterocycles. The first-order valence-corrected chi connectivity index (χ1v) is 13.2. The van der Waals surface area contributed by atoms with Gasteiger partial charge in [-0.15, -0.1) is 0 Å². The highest BCUT2D eigenvalue weighted by Gasteiger charge is 2.35. The smallest absolute Gasteiger partial charge is 0.262 e. The number of benzene rings is 3. The molecule has 3 aromatic carbocycles. The number of likely N-dealkylation sites (N-methyl/N-ethyl adjacent to an activating group) is 1. The molecule has 0 saturated heterocycles. The van der Waals surface area contributed by atoms with Gasteiger partial charge in [0.2, 0.25) is 15.9 Å². The number of rotatable bonds is 9. The minimum absolute atomic E-state index is 0.0383. The highest BCUT2D eigenvalue weighted by molar-refractivity contribution is 7.89. The molecule has 1 atom stereocenters. The Bertz CT molecular complexity index is 1350. The molecule has 194 valence electrons. The zero-order chi connectivity index (χ0) is 26.4. The molecule has 3 aromatic rings. The molecular formula is C27H29N3O6S. The van der Waals surface area contributed by atoms with E-state index in [2.05, 4.69) is 5.32 Å². The summed E-state index contributed by atoms with van der Waals surface area (Å²) in [6, 6.07) is 22.6. The van der Waals surface area contributed by atoms with Gasteiger partial charge >= 0.3 is 0 Å². The van der Waals surface area contributed by atoms with Gasteiger partial charge in [-0.05, 0) is 48.4 Å². The number of amides is 2. The Labute approximate surface area is 216 Å². The summed E-state index contributed by atoms with van der Waals surface area (Å²) in [5.41, 5.74) is 1.58. The maximum atomic E-state index is 13.3. The van der Waals surface area contributed by atoms with Gasteiger partial charge in [-0.1, -0.05) is 42.5 Å². The molecule has 37 heavy (non-hydrogen) atoms. The van der Waals surface area contributed by atoms with E-state index in [1.165, 1.54) is 31.2 Å². The predicted octanol–water partition coefficient (Wildman–Crippen LogP) is 2.47.